The number of aromatic nitrogens is 2. The van der Waals surface area contributed by atoms with Crippen LogP contribution in [0.1, 0.15) is 53.5 Å². The molecule has 228 valence electrons. The van der Waals surface area contributed by atoms with E-state index in [9.17, 15) is 24.4 Å². The number of esters is 4. The lowest BCUT2D eigenvalue weighted by molar-refractivity contribution is -0.0629. The highest BCUT2D eigenvalue weighted by Gasteiger charge is 2.52. The lowest BCUT2D eigenvalue weighted by Gasteiger charge is -2.25. The van der Waals surface area contributed by atoms with Gasteiger partial charge in [-0.15, -0.1) is 0 Å². The van der Waals surface area contributed by atoms with Crippen molar-refractivity contribution in [3.05, 3.63) is 125 Å². The van der Waals surface area contributed by atoms with E-state index in [1.807, 2.05) is 6.07 Å². The Morgan fingerprint density at radius 2 is 1.29 bits per heavy atom. The van der Waals surface area contributed by atoms with E-state index in [4.69, 9.17) is 23.7 Å². The quantitative estimate of drug-likeness (QED) is 0.190. The molecule has 1 aliphatic heterocycles. The Morgan fingerprint density at radius 3 is 1.80 bits per heavy atom. The summed E-state index contributed by atoms with van der Waals surface area (Å²) in [5.41, 5.74) is 0.680. The third-order valence-corrected chi connectivity index (χ3v) is 6.97. The molecule has 0 N–H and O–H groups in total. The number of hydrogen-bond donors (Lipinski definition) is 0. The maximum atomic E-state index is 13.4. The summed E-state index contributed by atoms with van der Waals surface area (Å²) in [6.07, 6.45) is -4.11. The molecule has 45 heavy (non-hydrogen) atoms. The first-order valence-corrected chi connectivity index (χ1v) is 13.8. The van der Waals surface area contributed by atoms with E-state index >= 15 is 0 Å². The van der Waals surface area contributed by atoms with Crippen molar-refractivity contribution in [3.8, 4) is 6.07 Å². The fraction of sp³-hybridized carbons (Fsp3) is 0.212. The van der Waals surface area contributed by atoms with Gasteiger partial charge in [0.2, 0.25) is 0 Å². The van der Waals surface area contributed by atoms with E-state index < -0.39 is 55.0 Å². The largest absolute Gasteiger partial charge is 0.464 e. The second-order valence-corrected chi connectivity index (χ2v) is 9.78. The number of nitriles is 1. The number of rotatable bonds is 10. The molecule has 1 aliphatic rings. The van der Waals surface area contributed by atoms with Gasteiger partial charge in [0.05, 0.1) is 48.3 Å². The predicted molar refractivity (Wildman–Crippen MR) is 155 cm³/mol. The van der Waals surface area contributed by atoms with Crippen molar-refractivity contribution in [2.24, 2.45) is 0 Å². The van der Waals surface area contributed by atoms with Gasteiger partial charge in [-0.3, -0.25) is 0 Å². The number of carbonyl (C=O) groups excluding carboxylic acids is 4. The van der Waals surface area contributed by atoms with E-state index in [0.717, 1.165) is 0 Å². The minimum atomic E-state index is -1.34. The van der Waals surface area contributed by atoms with Gasteiger partial charge in [0.25, 0.3) is 0 Å². The first kappa shape index (κ1) is 30.7. The van der Waals surface area contributed by atoms with Crippen molar-refractivity contribution in [3.63, 3.8) is 0 Å². The average molecular weight is 610 g/mol. The third kappa shape index (κ3) is 6.90. The van der Waals surface area contributed by atoms with Crippen LogP contribution in [0.3, 0.4) is 0 Å². The summed E-state index contributed by atoms with van der Waals surface area (Å²) < 4.78 is 29.8. The van der Waals surface area contributed by atoms with Crippen LogP contribution in [0, 0.1) is 11.3 Å². The lowest BCUT2D eigenvalue weighted by Crippen LogP contribution is -2.41. The van der Waals surface area contributed by atoms with Gasteiger partial charge in [-0.1, -0.05) is 54.6 Å². The highest BCUT2D eigenvalue weighted by molar-refractivity contribution is 5.91. The number of ether oxygens (including phenoxy) is 5. The van der Waals surface area contributed by atoms with Crippen molar-refractivity contribution in [1.29, 1.82) is 5.26 Å². The maximum absolute atomic E-state index is 13.4. The number of carbonyl (C=O) groups is 4. The fourth-order valence-corrected chi connectivity index (χ4v) is 4.80. The second-order valence-electron chi connectivity index (χ2n) is 9.78. The summed E-state index contributed by atoms with van der Waals surface area (Å²) in [5.74, 6) is -2.96. The van der Waals surface area contributed by atoms with Gasteiger partial charge in [-0.05, 0) is 36.4 Å². The van der Waals surface area contributed by atoms with Crippen LogP contribution < -0.4 is 0 Å². The SMILES string of the molecule is COC(=O)c1ncn([C@@H]2O[C@H](COC(=O)c3ccccc3)[C@@H](OC(=O)c3ccccc3)[C@H]2OC(=O)c2ccccc2)c1CC#N. The Hall–Kier alpha value is -5.80. The predicted octanol–water partition coefficient (Wildman–Crippen LogP) is 3.94. The van der Waals surface area contributed by atoms with E-state index in [1.54, 1.807) is 91.0 Å². The van der Waals surface area contributed by atoms with Crippen LogP contribution in [0.25, 0.3) is 0 Å². The molecule has 2 heterocycles. The molecule has 12 nitrogen and oxygen atoms in total. The molecule has 5 rings (SSSR count). The van der Waals surface area contributed by atoms with Crippen LogP contribution in [-0.2, 0) is 30.1 Å². The molecule has 4 atom stereocenters. The standard InChI is InChI=1S/C33H27N3O9/c1-41-33(40)26-24(17-18-34)36(20-35-26)29-28(45-32(39)23-15-9-4-10-16-23)27(44-31(38)22-13-7-3-8-14-22)25(43-29)19-42-30(37)21-11-5-2-6-12-21/h2-16,20,25,27-29H,17,19H2,1H3/t25-,27-,28-,29-/m1/s1. The Labute approximate surface area is 257 Å². The average Bonchev–Trinajstić information content (AvgIpc) is 3.65. The number of imidazole rings is 1. The summed E-state index contributed by atoms with van der Waals surface area (Å²) in [4.78, 5) is 56.1. The van der Waals surface area contributed by atoms with Crippen molar-refractivity contribution >= 4 is 23.9 Å². The summed E-state index contributed by atoms with van der Waals surface area (Å²) in [6, 6.07) is 26.5. The minimum Gasteiger partial charge on any atom is -0.464 e. The molecule has 4 aromatic rings. The van der Waals surface area contributed by atoms with Gasteiger partial charge in [-0.25, -0.2) is 24.2 Å². The Bertz CT molecular complexity index is 1700. The minimum absolute atomic E-state index is 0.116. The fourth-order valence-electron chi connectivity index (χ4n) is 4.80. The van der Waals surface area contributed by atoms with Gasteiger partial charge < -0.3 is 28.3 Å². The number of benzene rings is 3. The first-order chi connectivity index (χ1) is 21.9. The van der Waals surface area contributed by atoms with Gasteiger partial charge >= 0.3 is 23.9 Å². The molecule has 0 saturated carbocycles. The summed E-state index contributed by atoms with van der Waals surface area (Å²) in [5, 5.41) is 9.55. The van der Waals surface area contributed by atoms with E-state index in [2.05, 4.69) is 4.98 Å². The van der Waals surface area contributed by atoms with Crippen LogP contribution in [0.5, 0.6) is 0 Å². The topological polar surface area (TPSA) is 156 Å². The molecular weight excluding hydrogens is 582 g/mol. The maximum Gasteiger partial charge on any atom is 0.358 e. The van der Waals surface area contributed by atoms with Crippen molar-refractivity contribution in [1.82, 2.24) is 9.55 Å². The van der Waals surface area contributed by atoms with Crippen LogP contribution in [0.4, 0.5) is 0 Å². The monoisotopic (exact) mass is 609 g/mol. The molecular formula is C33H27N3O9. The van der Waals surface area contributed by atoms with Crippen molar-refractivity contribution in [2.75, 3.05) is 13.7 Å². The zero-order valence-electron chi connectivity index (χ0n) is 24.0. The molecule has 1 fully saturated rings. The lowest BCUT2D eigenvalue weighted by atomic mass is 10.1. The molecule has 1 saturated heterocycles. The van der Waals surface area contributed by atoms with Crippen LogP contribution in [-0.4, -0.2) is 65.5 Å². The normalized spacial score (nSPS) is 18.8. The van der Waals surface area contributed by atoms with Crippen molar-refractivity contribution in [2.45, 2.75) is 31.0 Å². The highest BCUT2D eigenvalue weighted by Crippen LogP contribution is 2.37. The Balaban J connectivity index is 1.54. The first-order valence-electron chi connectivity index (χ1n) is 13.8. The summed E-state index contributed by atoms with van der Waals surface area (Å²) in [7, 11) is 1.17. The van der Waals surface area contributed by atoms with Crippen LogP contribution in [0.15, 0.2) is 97.3 Å². The smallest absolute Gasteiger partial charge is 0.358 e. The zero-order chi connectivity index (χ0) is 31.8. The molecule has 12 heteroatoms. The van der Waals surface area contributed by atoms with Crippen LogP contribution >= 0.6 is 0 Å². The Kier molecular flexibility index (Phi) is 9.61. The molecule has 0 amide bonds. The molecule has 0 bridgehead atoms. The second kappa shape index (κ2) is 14.1. The number of methoxy groups -OCH3 is 1. The third-order valence-electron chi connectivity index (χ3n) is 6.97. The summed E-state index contributed by atoms with van der Waals surface area (Å²) >= 11 is 0. The Morgan fingerprint density at radius 1 is 0.778 bits per heavy atom. The van der Waals surface area contributed by atoms with Gasteiger partial charge in [-0.2, -0.15) is 5.26 Å². The van der Waals surface area contributed by atoms with E-state index in [1.165, 1.54) is 18.0 Å². The van der Waals surface area contributed by atoms with E-state index in [0.29, 0.717) is 0 Å². The number of nitrogens with zero attached hydrogens (tertiary/aromatic N) is 3. The number of hydrogen-bond acceptors (Lipinski definition) is 11. The van der Waals surface area contributed by atoms with Crippen LogP contribution in [0.2, 0.25) is 0 Å². The highest BCUT2D eigenvalue weighted by atomic mass is 16.7. The molecule has 3 aromatic carbocycles. The molecule has 0 unspecified atom stereocenters. The molecule has 0 aliphatic carbocycles. The molecule has 1 aromatic heterocycles. The van der Waals surface area contributed by atoms with Gasteiger partial charge in [0, 0.05) is 0 Å². The van der Waals surface area contributed by atoms with E-state index in [-0.39, 0.29) is 34.5 Å². The zero-order valence-corrected chi connectivity index (χ0v) is 24.0. The summed E-state index contributed by atoms with van der Waals surface area (Å²) in [6.45, 7) is -0.400. The molecule has 0 radical (unpaired) electrons. The van der Waals surface area contributed by atoms with Crippen molar-refractivity contribution < 1.29 is 42.9 Å². The molecule has 0 spiro atoms. The van der Waals surface area contributed by atoms with Gasteiger partial charge in [0.1, 0.15) is 12.7 Å². The van der Waals surface area contributed by atoms with Gasteiger partial charge in [0.15, 0.2) is 24.1 Å².